The molecule has 0 saturated heterocycles. The minimum absolute atomic E-state index is 0.0814. The molecule has 0 radical (unpaired) electrons. The molecule has 2 N–H and O–H groups in total. The van der Waals surface area contributed by atoms with Crippen molar-refractivity contribution in [2.45, 2.75) is 26.4 Å². The third-order valence-corrected chi connectivity index (χ3v) is 2.23. The van der Waals surface area contributed by atoms with Crippen LogP contribution in [0.1, 0.15) is 25.0 Å². The normalized spacial score (nSPS) is 10.2. The molecule has 0 fully saturated rings. The Morgan fingerprint density at radius 1 is 1.50 bits per heavy atom. The van der Waals surface area contributed by atoms with Gasteiger partial charge in [0.2, 0.25) is 5.91 Å². The molecular formula is C13H16FN3O. The lowest BCUT2D eigenvalue weighted by molar-refractivity contribution is -0.120. The van der Waals surface area contributed by atoms with Gasteiger partial charge in [-0.3, -0.25) is 4.79 Å². The van der Waals surface area contributed by atoms with Crippen molar-refractivity contribution in [3.63, 3.8) is 0 Å². The van der Waals surface area contributed by atoms with Crippen molar-refractivity contribution in [2.75, 3.05) is 6.54 Å². The zero-order valence-electron chi connectivity index (χ0n) is 10.5. The lowest BCUT2D eigenvalue weighted by atomic mass is 10.1. The van der Waals surface area contributed by atoms with Gasteiger partial charge >= 0.3 is 0 Å². The lowest BCUT2D eigenvalue weighted by Crippen LogP contribution is -2.37. The molecule has 96 valence electrons. The van der Waals surface area contributed by atoms with Gasteiger partial charge < -0.3 is 10.6 Å². The Labute approximate surface area is 106 Å². The third-order valence-electron chi connectivity index (χ3n) is 2.23. The maximum Gasteiger partial charge on any atom is 0.234 e. The number of benzene rings is 1. The molecule has 1 aromatic carbocycles. The van der Waals surface area contributed by atoms with Crippen LogP contribution in [0.5, 0.6) is 0 Å². The van der Waals surface area contributed by atoms with Crippen LogP contribution in [0.25, 0.3) is 0 Å². The van der Waals surface area contributed by atoms with Gasteiger partial charge in [0.05, 0.1) is 18.2 Å². The largest absolute Gasteiger partial charge is 0.353 e. The quantitative estimate of drug-likeness (QED) is 0.827. The Kier molecular flexibility index (Phi) is 5.28. The van der Waals surface area contributed by atoms with E-state index in [-0.39, 0.29) is 30.9 Å². The molecular weight excluding hydrogens is 233 g/mol. The fourth-order valence-electron chi connectivity index (χ4n) is 1.46. The average molecular weight is 249 g/mol. The highest BCUT2D eigenvalue weighted by molar-refractivity contribution is 5.78. The van der Waals surface area contributed by atoms with E-state index in [1.54, 1.807) is 0 Å². The zero-order chi connectivity index (χ0) is 13.5. The van der Waals surface area contributed by atoms with Gasteiger partial charge in [-0.25, -0.2) is 4.39 Å². The Hall–Kier alpha value is -1.93. The number of rotatable bonds is 5. The fourth-order valence-corrected chi connectivity index (χ4v) is 1.46. The minimum Gasteiger partial charge on any atom is -0.353 e. The third kappa shape index (κ3) is 4.52. The molecule has 0 saturated carbocycles. The highest BCUT2D eigenvalue weighted by Gasteiger charge is 2.06. The number of nitriles is 1. The van der Waals surface area contributed by atoms with E-state index >= 15 is 0 Å². The van der Waals surface area contributed by atoms with Gasteiger partial charge in [-0.15, -0.1) is 0 Å². The van der Waals surface area contributed by atoms with Crippen molar-refractivity contribution in [2.24, 2.45) is 0 Å². The molecule has 4 nitrogen and oxygen atoms in total. The maximum atomic E-state index is 13.4. The molecule has 18 heavy (non-hydrogen) atoms. The number of carbonyl (C=O) groups excluding carboxylic acids is 1. The zero-order valence-corrected chi connectivity index (χ0v) is 10.5. The van der Waals surface area contributed by atoms with Crippen molar-refractivity contribution in [1.29, 1.82) is 5.26 Å². The number of carbonyl (C=O) groups is 1. The standard InChI is InChI=1S/C13H16FN3O/c1-9(2)17-13(18)8-16-7-11-5-10(6-15)3-4-12(11)14/h3-5,9,16H,7-8H2,1-2H3,(H,17,18). The van der Waals surface area contributed by atoms with Crippen LogP contribution >= 0.6 is 0 Å². The van der Waals surface area contributed by atoms with E-state index in [4.69, 9.17) is 5.26 Å². The van der Waals surface area contributed by atoms with Crippen LogP contribution in [0, 0.1) is 17.1 Å². The van der Waals surface area contributed by atoms with Gasteiger partial charge in [-0.2, -0.15) is 5.26 Å². The van der Waals surface area contributed by atoms with Crippen molar-refractivity contribution in [3.8, 4) is 6.07 Å². The van der Waals surface area contributed by atoms with Crippen LogP contribution < -0.4 is 10.6 Å². The monoisotopic (exact) mass is 249 g/mol. The fraction of sp³-hybridized carbons (Fsp3) is 0.385. The predicted molar refractivity (Wildman–Crippen MR) is 66.1 cm³/mol. The molecule has 0 bridgehead atoms. The SMILES string of the molecule is CC(C)NC(=O)CNCc1cc(C#N)ccc1F. The summed E-state index contributed by atoms with van der Waals surface area (Å²) < 4.78 is 13.4. The Balaban J connectivity index is 2.49. The van der Waals surface area contributed by atoms with E-state index in [0.717, 1.165) is 0 Å². The molecule has 0 aromatic heterocycles. The summed E-state index contributed by atoms with van der Waals surface area (Å²) >= 11 is 0. The molecule has 0 unspecified atom stereocenters. The first-order valence-electron chi connectivity index (χ1n) is 5.71. The van der Waals surface area contributed by atoms with Crippen molar-refractivity contribution in [3.05, 3.63) is 35.1 Å². The summed E-state index contributed by atoms with van der Waals surface area (Å²) in [7, 11) is 0. The van der Waals surface area contributed by atoms with E-state index in [1.807, 2.05) is 19.9 Å². The van der Waals surface area contributed by atoms with Crippen molar-refractivity contribution in [1.82, 2.24) is 10.6 Å². The predicted octanol–water partition coefficient (Wildman–Crippen LogP) is 1.31. The van der Waals surface area contributed by atoms with Crippen LogP contribution in [-0.4, -0.2) is 18.5 Å². The molecule has 0 aliphatic carbocycles. The summed E-state index contributed by atoms with van der Waals surface area (Å²) in [5.74, 6) is -0.521. The van der Waals surface area contributed by atoms with E-state index in [1.165, 1.54) is 18.2 Å². The molecule has 0 aliphatic heterocycles. The number of nitrogens with one attached hydrogen (secondary N) is 2. The molecule has 1 amide bonds. The Morgan fingerprint density at radius 3 is 2.83 bits per heavy atom. The summed E-state index contributed by atoms with van der Waals surface area (Å²) in [6, 6.07) is 6.18. The summed E-state index contributed by atoms with van der Waals surface area (Å²) in [5.41, 5.74) is 0.784. The second-order valence-corrected chi connectivity index (χ2v) is 4.24. The number of halogens is 1. The first-order chi connectivity index (χ1) is 8.52. The van der Waals surface area contributed by atoms with E-state index in [0.29, 0.717) is 11.1 Å². The van der Waals surface area contributed by atoms with Gasteiger partial charge in [0.25, 0.3) is 0 Å². The van der Waals surface area contributed by atoms with Crippen LogP contribution in [0.15, 0.2) is 18.2 Å². The van der Waals surface area contributed by atoms with E-state index < -0.39 is 0 Å². The van der Waals surface area contributed by atoms with Crippen LogP contribution in [0.3, 0.4) is 0 Å². The van der Waals surface area contributed by atoms with Gasteiger partial charge in [0, 0.05) is 18.2 Å². The van der Waals surface area contributed by atoms with Crippen LogP contribution in [-0.2, 0) is 11.3 Å². The van der Waals surface area contributed by atoms with Gasteiger partial charge in [0.1, 0.15) is 5.82 Å². The van der Waals surface area contributed by atoms with Crippen molar-refractivity contribution >= 4 is 5.91 Å². The highest BCUT2D eigenvalue weighted by atomic mass is 19.1. The van der Waals surface area contributed by atoms with Crippen LogP contribution in [0.4, 0.5) is 4.39 Å². The summed E-state index contributed by atoms with van der Waals surface area (Å²) in [4.78, 5) is 11.3. The molecule has 0 spiro atoms. The number of hydrogen-bond acceptors (Lipinski definition) is 3. The summed E-state index contributed by atoms with van der Waals surface area (Å²) in [5, 5.41) is 14.3. The van der Waals surface area contributed by atoms with Gasteiger partial charge in [-0.1, -0.05) is 0 Å². The van der Waals surface area contributed by atoms with Gasteiger partial charge in [-0.05, 0) is 32.0 Å². The number of amides is 1. The summed E-state index contributed by atoms with van der Waals surface area (Å²) in [6.07, 6.45) is 0. The summed E-state index contributed by atoms with van der Waals surface area (Å²) in [6.45, 7) is 4.07. The van der Waals surface area contributed by atoms with Gasteiger partial charge in [0.15, 0.2) is 0 Å². The Morgan fingerprint density at radius 2 is 2.22 bits per heavy atom. The molecule has 1 rings (SSSR count). The second-order valence-electron chi connectivity index (χ2n) is 4.24. The molecule has 0 atom stereocenters. The Bertz CT molecular complexity index is 466. The minimum atomic E-state index is -0.384. The first kappa shape index (κ1) is 14.1. The van der Waals surface area contributed by atoms with E-state index in [9.17, 15) is 9.18 Å². The highest BCUT2D eigenvalue weighted by Crippen LogP contribution is 2.09. The van der Waals surface area contributed by atoms with Crippen molar-refractivity contribution < 1.29 is 9.18 Å². The second kappa shape index (κ2) is 6.72. The maximum absolute atomic E-state index is 13.4. The molecule has 0 aliphatic rings. The number of nitrogens with zero attached hydrogens (tertiary/aromatic N) is 1. The smallest absolute Gasteiger partial charge is 0.234 e. The lowest BCUT2D eigenvalue weighted by Gasteiger charge is -2.09. The number of hydrogen-bond donors (Lipinski definition) is 2. The molecule has 1 aromatic rings. The molecule has 5 heteroatoms. The average Bonchev–Trinajstić information content (AvgIpc) is 2.30. The van der Waals surface area contributed by atoms with Crippen LogP contribution in [0.2, 0.25) is 0 Å². The van der Waals surface area contributed by atoms with E-state index in [2.05, 4.69) is 10.6 Å². The first-order valence-corrected chi connectivity index (χ1v) is 5.71. The topological polar surface area (TPSA) is 64.9 Å². The molecule has 0 heterocycles.